The van der Waals surface area contributed by atoms with Gasteiger partial charge < -0.3 is 9.29 Å². The van der Waals surface area contributed by atoms with E-state index in [1.807, 2.05) is 0 Å². The first-order valence-corrected chi connectivity index (χ1v) is 5.69. The summed E-state index contributed by atoms with van der Waals surface area (Å²) in [6.07, 6.45) is 0. The fraction of sp³-hybridized carbons (Fsp3) is 0.625. The maximum atomic E-state index is 11.0. The van der Waals surface area contributed by atoms with E-state index in [1.165, 1.54) is 21.0 Å². The van der Waals surface area contributed by atoms with E-state index in [4.69, 9.17) is 4.74 Å². The van der Waals surface area contributed by atoms with Gasteiger partial charge in [0.05, 0.1) is 14.1 Å². The van der Waals surface area contributed by atoms with Crippen LogP contribution in [-0.4, -0.2) is 50.1 Å². The van der Waals surface area contributed by atoms with Crippen LogP contribution in [-0.2, 0) is 19.6 Å². The van der Waals surface area contributed by atoms with Crippen LogP contribution < -0.4 is 0 Å². The minimum atomic E-state index is -4.34. The molecular weight excluding hydrogens is 222 g/mol. The molecule has 0 bridgehead atoms. The van der Waals surface area contributed by atoms with Crippen LogP contribution in [0.15, 0.2) is 12.2 Å². The van der Waals surface area contributed by atoms with Gasteiger partial charge in [0, 0.05) is 5.57 Å². The smallest absolute Gasteiger partial charge is 0.337 e. The van der Waals surface area contributed by atoms with Crippen molar-refractivity contribution in [2.45, 2.75) is 6.92 Å². The predicted molar refractivity (Wildman–Crippen MR) is 52.4 cm³/mol. The van der Waals surface area contributed by atoms with Gasteiger partial charge in [0.25, 0.3) is 0 Å². The summed E-state index contributed by atoms with van der Waals surface area (Å²) < 4.78 is 36.0. The molecule has 88 valence electrons. The molecule has 0 radical (unpaired) electrons. The van der Waals surface area contributed by atoms with Crippen LogP contribution in [0.3, 0.4) is 0 Å². The van der Waals surface area contributed by atoms with Gasteiger partial charge >= 0.3 is 5.97 Å². The molecule has 0 unspecified atom stereocenters. The molecule has 0 aliphatic heterocycles. The number of hydrogen-bond donors (Lipinski definition) is 0. The van der Waals surface area contributed by atoms with Crippen molar-refractivity contribution in [2.24, 2.45) is 0 Å². The molecule has 7 heteroatoms. The second-order valence-electron chi connectivity index (χ2n) is 3.96. The molecule has 0 N–H and O–H groups in total. The van der Waals surface area contributed by atoms with Gasteiger partial charge in [-0.25, -0.2) is 13.2 Å². The lowest BCUT2D eigenvalue weighted by Gasteiger charge is -2.29. The lowest BCUT2D eigenvalue weighted by atomic mass is 10.4. The molecule has 0 rings (SSSR count). The Morgan fingerprint density at radius 1 is 1.47 bits per heavy atom. The first-order chi connectivity index (χ1) is 6.53. The average Bonchev–Trinajstić information content (AvgIpc) is 1.95. The van der Waals surface area contributed by atoms with Gasteiger partial charge in [0.15, 0.2) is 5.88 Å². The van der Waals surface area contributed by atoms with Crippen LogP contribution in [0, 0.1) is 0 Å². The van der Waals surface area contributed by atoms with Gasteiger partial charge in [-0.2, -0.15) is 0 Å². The fourth-order valence-corrected chi connectivity index (χ4v) is 1.75. The van der Waals surface area contributed by atoms with Crippen molar-refractivity contribution in [3.63, 3.8) is 0 Å². The van der Waals surface area contributed by atoms with E-state index < -0.39 is 22.0 Å². The lowest BCUT2D eigenvalue weighted by molar-refractivity contribution is -0.896. The standard InChI is InChI=1S/C8H15NO5S/c1-7(2)8(10)14-5-9(3,4)6-15(11,12)13/h1,5-6H2,2-4H3. The summed E-state index contributed by atoms with van der Waals surface area (Å²) in [7, 11) is -1.39. The number of carbonyl (C=O) groups is 1. The molecule has 0 aliphatic carbocycles. The highest BCUT2D eigenvalue weighted by atomic mass is 32.2. The molecule has 0 fully saturated rings. The second kappa shape index (κ2) is 4.73. The molecule has 15 heavy (non-hydrogen) atoms. The summed E-state index contributed by atoms with van der Waals surface area (Å²) in [6, 6.07) is 0. The van der Waals surface area contributed by atoms with E-state index in [2.05, 4.69) is 6.58 Å². The maximum absolute atomic E-state index is 11.0. The molecule has 0 atom stereocenters. The third kappa shape index (κ3) is 7.06. The van der Waals surface area contributed by atoms with E-state index >= 15 is 0 Å². The minimum Gasteiger partial charge on any atom is -0.744 e. The number of rotatable bonds is 5. The highest BCUT2D eigenvalue weighted by molar-refractivity contribution is 7.85. The second-order valence-corrected chi connectivity index (χ2v) is 5.34. The summed E-state index contributed by atoms with van der Waals surface area (Å²) >= 11 is 0. The summed E-state index contributed by atoms with van der Waals surface area (Å²) in [6.45, 7) is 4.66. The molecule has 0 spiro atoms. The zero-order valence-corrected chi connectivity index (χ0v) is 9.83. The Morgan fingerprint density at radius 3 is 2.27 bits per heavy atom. The maximum Gasteiger partial charge on any atom is 0.337 e. The summed E-state index contributed by atoms with van der Waals surface area (Å²) in [5.41, 5.74) is 0.222. The van der Waals surface area contributed by atoms with E-state index in [1.54, 1.807) is 0 Å². The quantitative estimate of drug-likeness (QED) is 0.214. The summed E-state index contributed by atoms with van der Waals surface area (Å²) in [4.78, 5) is 11.0. The van der Waals surface area contributed by atoms with Gasteiger partial charge in [0.1, 0.15) is 10.1 Å². The number of carbonyl (C=O) groups excluding carboxylic acids is 1. The lowest BCUT2D eigenvalue weighted by Crippen LogP contribution is -2.45. The van der Waals surface area contributed by atoms with Gasteiger partial charge in [0.2, 0.25) is 6.73 Å². The van der Waals surface area contributed by atoms with Crippen LogP contribution >= 0.6 is 0 Å². The van der Waals surface area contributed by atoms with Crippen LogP contribution in [0.4, 0.5) is 0 Å². The molecule has 0 aliphatic rings. The van der Waals surface area contributed by atoms with Crippen molar-refractivity contribution in [1.29, 1.82) is 0 Å². The van der Waals surface area contributed by atoms with Crippen molar-refractivity contribution < 1.29 is 27.0 Å². The highest BCUT2D eigenvalue weighted by Crippen LogP contribution is 2.03. The third-order valence-corrected chi connectivity index (χ3v) is 2.42. The molecule has 0 aromatic carbocycles. The average molecular weight is 237 g/mol. The van der Waals surface area contributed by atoms with Crippen molar-refractivity contribution in [3.05, 3.63) is 12.2 Å². The summed E-state index contributed by atoms with van der Waals surface area (Å²) in [5.74, 6) is -1.24. The topological polar surface area (TPSA) is 83.5 Å². The largest absolute Gasteiger partial charge is 0.744 e. The third-order valence-electron chi connectivity index (χ3n) is 1.40. The number of quaternary nitrogens is 1. The molecule has 0 aromatic rings. The molecule has 0 heterocycles. The van der Waals surface area contributed by atoms with Gasteiger partial charge in [-0.1, -0.05) is 6.58 Å². The van der Waals surface area contributed by atoms with E-state index in [9.17, 15) is 17.8 Å². The van der Waals surface area contributed by atoms with Crippen LogP contribution in [0.5, 0.6) is 0 Å². The Labute approximate surface area is 89.5 Å². The van der Waals surface area contributed by atoms with E-state index in [-0.39, 0.29) is 16.8 Å². The first kappa shape index (κ1) is 14.1. The van der Waals surface area contributed by atoms with Crippen molar-refractivity contribution in [1.82, 2.24) is 0 Å². The molecule has 6 nitrogen and oxygen atoms in total. The zero-order chi connectivity index (χ0) is 12.3. The number of esters is 1. The molecule has 0 saturated heterocycles. The Bertz CT molecular complexity index is 357. The fourth-order valence-electron chi connectivity index (χ4n) is 0.822. The SMILES string of the molecule is C=C(C)C(=O)OC[N+](C)(C)CS(=O)(=O)[O-]. The zero-order valence-electron chi connectivity index (χ0n) is 9.02. The number of hydrogen-bond acceptors (Lipinski definition) is 5. The monoisotopic (exact) mass is 237 g/mol. The van der Waals surface area contributed by atoms with Gasteiger partial charge in [-0.15, -0.1) is 0 Å². The van der Waals surface area contributed by atoms with Crippen LogP contribution in [0.2, 0.25) is 0 Å². The van der Waals surface area contributed by atoms with Crippen molar-refractivity contribution in [3.8, 4) is 0 Å². The first-order valence-electron chi connectivity index (χ1n) is 4.12. The predicted octanol–water partition coefficient (Wildman–Crippen LogP) is -0.358. The van der Waals surface area contributed by atoms with Crippen molar-refractivity contribution in [2.75, 3.05) is 26.7 Å². The normalized spacial score (nSPS) is 12.3. The van der Waals surface area contributed by atoms with Gasteiger partial charge in [-0.3, -0.25) is 4.48 Å². The van der Waals surface area contributed by atoms with Crippen LogP contribution in [0.25, 0.3) is 0 Å². The highest BCUT2D eigenvalue weighted by Gasteiger charge is 2.20. The van der Waals surface area contributed by atoms with E-state index in [0.717, 1.165) is 0 Å². The minimum absolute atomic E-state index is 0.187. The number of ether oxygens (including phenoxy) is 1. The molecular formula is C8H15NO5S. The summed E-state index contributed by atoms with van der Waals surface area (Å²) in [5, 5.41) is 0. The Hall–Kier alpha value is -0.920. The molecule has 0 saturated carbocycles. The molecule has 0 amide bonds. The Balaban J connectivity index is 4.28. The van der Waals surface area contributed by atoms with Crippen LogP contribution in [0.1, 0.15) is 6.92 Å². The Kier molecular flexibility index (Phi) is 4.44. The van der Waals surface area contributed by atoms with Gasteiger partial charge in [-0.05, 0) is 6.92 Å². The Morgan fingerprint density at radius 2 is 1.93 bits per heavy atom. The molecule has 0 aromatic heterocycles. The van der Waals surface area contributed by atoms with Crippen molar-refractivity contribution >= 4 is 16.1 Å². The number of nitrogens with zero attached hydrogens (tertiary/aromatic N) is 1. The van der Waals surface area contributed by atoms with E-state index in [0.29, 0.717) is 0 Å².